The van der Waals surface area contributed by atoms with Gasteiger partial charge in [0.15, 0.2) is 0 Å². The number of rotatable bonds is 38. The summed E-state index contributed by atoms with van der Waals surface area (Å²) in [5, 5.41) is 20.9. The number of alkyl halides is 2. The molecule has 1 saturated heterocycles. The number of hydrogen-bond donors (Lipinski definition) is 2. The molecule has 1 aliphatic heterocycles. The fourth-order valence-electron chi connectivity index (χ4n) is 19.0. The molecule has 1 heterocycles. The number of halogens is 2. The zero-order valence-corrected chi connectivity index (χ0v) is 90.1. The van der Waals surface area contributed by atoms with Crippen LogP contribution in [0, 0.1) is 32.5 Å². The number of aliphatic imine (C=N–C) groups is 2. The summed E-state index contributed by atoms with van der Waals surface area (Å²) < 4.78 is 4.94. The number of isocyanates is 2. The first-order valence-corrected chi connectivity index (χ1v) is 47.1. The summed E-state index contributed by atoms with van der Waals surface area (Å²) in [5.41, 5.74) is 19.1. The molecule has 0 unspecified atom stereocenters. The maximum absolute atomic E-state index is 10.1. The van der Waals surface area contributed by atoms with E-state index in [1.165, 1.54) is 114 Å². The molecule has 0 bridgehead atoms. The molecular weight excluding hydrogens is 1650 g/mol. The van der Waals surface area contributed by atoms with E-state index < -0.39 is 0 Å². The van der Waals surface area contributed by atoms with Crippen LogP contribution in [0.5, 0.6) is 0 Å². The summed E-state index contributed by atoms with van der Waals surface area (Å²) >= 11 is 7.25. The molecule has 6 rings (SSSR count). The number of aliphatic hydroxyl groups excluding tert-OH is 2. The smallest absolute Gasteiger partial charge is 0.870 e. The predicted molar refractivity (Wildman–Crippen MR) is 529 cm³/mol. The predicted octanol–water partition coefficient (Wildman–Crippen LogP) is 28.2. The van der Waals surface area contributed by atoms with Crippen molar-refractivity contribution in [1.29, 1.82) is 0 Å². The maximum atomic E-state index is 10.1. The molecule has 0 aliphatic carbocycles. The Balaban J connectivity index is 0. The van der Waals surface area contributed by atoms with Crippen LogP contribution in [0.4, 0.5) is 11.4 Å². The van der Waals surface area contributed by atoms with E-state index in [1.54, 1.807) is 24.3 Å². The summed E-state index contributed by atoms with van der Waals surface area (Å²) in [4.78, 5) is 27.3. The molecule has 9 nitrogen and oxygen atoms in total. The van der Waals surface area contributed by atoms with Crippen molar-refractivity contribution < 1.29 is 86.9 Å². The van der Waals surface area contributed by atoms with Crippen LogP contribution in [0.3, 0.4) is 0 Å². The second kappa shape index (κ2) is 51.2. The summed E-state index contributed by atoms with van der Waals surface area (Å²) in [6.07, 6.45) is 28.3. The molecule has 1 fully saturated rings. The van der Waals surface area contributed by atoms with Crippen LogP contribution < -0.4 is 51.4 Å². The Morgan fingerprint density at radius 1 is 0.355 bits per heavy atom. The van der Waals surface area contributed by atoms with E-state index in [1.807, 2.05) is 24.3 Å². The third-order valence-corrected chi connectivity index (χ3v) is 25.6. The second-order valence-corrected chi connectivity index (χ2v) is 48.5. The largest absolute Gasteiger partial charge is 1.00 e. The van der Waals surface area contributed by atoms with Gasteiger partial charge in [-0.3, -0.25) is 0 Å². The molecule has 0 atom stereocenters. The van der Waals surface area contributed by atoms with Gasteiger partial charge in [0, 0.05) is 37.1 Å². The fourth-order valence-corrected chi connectivity index (χ4v) is 19.6. The number of carbonyl (C=O) groups excluding carboxylic acids is 2. The molecule has 5 N–H and O–H groups in total. The van der Waals surface area contributed by atoms with Crippen molar-refractivity contribution in [3.8, 4) is 0 Å². The first kappa shape index (κ1) is 120. The van der Waals surface area contributed by atoms with Crippen LogP contribution in [-0.4, -0.2) is 70.4 Å². The van der Waals surface area contributed by atoms with Gasteiger partial charge in [0.2, 0.25) is 12.2 Å². The van der Waals surface area contributed by atoms with Gasteiger partial charge in [-0.2, -0.15) is 9.98 Å². The molecule has 12 heteroatoms. The zero-order valence-electron chi connectivity index (χ0n) is 83.8. The van der Waals surface area contributed by atoms with Gasteiger partial charge in [-0.25, -0.2) is 9.59 Å². The van der Waals surface area contributed by atoms with Gasteiger partial charge < -0.3 is 25.9 Å². The third kappa shape index (κ3) is 44.5. The molecule has 0 amide bonds. The summed E-state index contributed by atoms with van der Waals surface area (Å²) in [5.74, 6) is 0. The number of allylic oxidation sites excluding steroid dienone is 2. The minimum atomic E-state index is 0. The van der Waals surface area contributed by atoms with Crippen LogP contribution in [0.2, 0.25) is 0 Å². The number of nitrogens with zero attached hydrogens (tertiary/aromatic N) is 2. The molecule has 0 radical (unpaired) electrons. The van der Waals surface area contributed by atoms with Crippen molar-refractivity contribution in [2.75, 3.05) is 37.1 Å². The molecule has 0 spiro atoms. The fraction of sp³-hybridized carbons (Fsp3) is 0.670. The Bertz CT molecular complexity index is 3590. The molecule has 5 aromatic rings. The van der Waals surface area contributed by atoms with Crippen molar-refractivity contribution in [3.05, 3.63) is 190 Å². The quantitative estimate of drug-likeness (QED) is 0.0131. The van der Waals surface area contributed by atoms with Crippen LogP contribution in [0.25, 0.3) is 0 Å². The molecular formula is C109H177Br2KN2O7. The Morgan fingerprint density at radius 2 is 0.562 bits per heavy atom. The van der Waals surface area contributed by atoms with E-state index in [-0.39, 0.29) is 146 Å². The first-order valence-electron chi connectivity index (χ1n) is 44.8. The van der Waals surface area contributed by atoms with E-state index in [9.17, 15) is 19.8 Å². The summed E-state index contributed by atoms with van der Waals surface area (Å²) in [6, 6.07) is 37.1. The van der Waals surface area contributed by atoms with E-state index in [0.29, 0.717) is 22.2 Å². The average Bonchev–Trinajstić information content (AvgIpc) is 1.20. The minimum absolute atomic E-state index is 0. The van der Waals surface area contributed by atoms with E-state index in [0.717, 1.165) is 106 Å². The van der Waals surface area contributed by atoms with Crippen LogP contribution in [-0.2, 0) is 69.5 Å². The molecule has 0 saturated carbocycles. The SMILES string of the molecule is C1CCOC1.C=CCC(C)(C)CC(C)(C)c1cc(C(C)(C)C)cc(C(C)(C)CC(C)(C)CC=C)c1.CC(C)(CCCBr)CC(C)(C)c1cc(C(C)(C)C)cc(C(C)(C)CC(C)(C)CCCBr)c1.CC(C)(CCCO)CC(C)(C)c1cc(C(C)(C)C)cc(C(C)(C)CC(C)(C)CCCO)c1.O.O=C=Nc1ccc(Cc2ccc(N=C=O)cc2)cc1.[K+].[OH-]. The van der Waals surface area contributed by atoms with Gasteiger partial charge in [0.1, 0.15) is 0 Å². The van der Waals surface area contributed by atoms with Crippen LogP contribution in [0.1, 0.15) is 405 Å². The van der Waals surface area contributed by atoms with Gasteiger partial charge in [0.25, 0.3) is 0 Å². The third-order valence-electron chi connectivity index (χ3n) is 24.5. The molecule has 680 valence electrons. The standard InChI is InChI=1S/C30H52Br2.C30H54O2.C30H50.C15H10N2O2.C4H8O.K.2H2O/c2*1-26(2,3)23-18-24(29(8,9)21-27(4,5)14-12-16-31)20-25(19-23)30(10,11)22-28(6,7)15-13-17-32;1-14-16-27(6,7)21-29(10,11)24-18-23(26(3,4)5)19-25(20-24)30(12,13)22-28(8,9)17-15-2;18-10-16-14-5-1-12(2-6-14)9-13-3-7-15(8-4-13)17-11-19;1-2-4-5-3-1;;;/h18-20H,12-17,21-22H2,1-11H3;18-20,31-32H,12-17,21-22H2,1-11H3;14-15,18-20H,1-2,16-17,21-22H2,3-13H3;1-8H,9H2;1-4H2;;2*1H2/q;;;;;+1;;/p-1. The summed E-state index contributed by atoms with van der Waals surface area (Å²) in [6.45, 7) is 89.2. The van der Waals surface area contributed by atoms with Gasteiger partial charge in [-0.15, -0.1) is 13.2 Å². The van der Waals surface area contributed by atoms with Gasteiger partial charge in [-0.1, -0.05) is 351 Å². The number of hydrogen-bond acceptors (Lipinski definition) is 8. The monoisotopic (exact) mass is 1820 g/mol. The average molecular weight is 1830 g/mol. The topological polar surface area (TPSA) is 170 Å². The Kier molecular flexibility index (Phi) is 50.7. The first-order chi connectivity index (χ1) is 53.9. The molecule has 121 heavy (non-hydrogen) atoms. The summed E-state index contributed by atoms with van der Waals surface area (Å²) in [7, 11) is 0. The van der Waals surface area contributed by atoms with Crippen molar-refractivity contribution in [2.45, 2.75) is 399 Å². The van der Waals surface area contributed by atoms with Gasteiger partial charge in [0.05, 0.1) is 11.4 Å². The molecule has 1 aliphatic rings. The van der Waals surface area contributed by atoms with E-state index >= 15 is 0 Å². The second-order valence-electron chi connectivity index (χ2n) is 47.0. The Morgan fingerprint density at radius 3 is 0.736 bits per heavy atom. The van der Waals surface area contributed by atoms with Crippen LogP contribution >= 0.6 is 31.9 Å². The molecule has 5 aromatic carbocycles. The number of ether oxygens (including phenoxy) is 1. The molecule has 0 aromatic heterocycles. The van der Waals surface area contributed by atoms with Gasteiger partial charge in [-0.05, 0) is 289 Å². The normalized spacial score (nSPS) is 13.4. The Hall–Kier alpha value is -3.26. The van der Waals surface area contributed by atoms with Crippen LogP contribution in [0.15, 0.2) is 138 Å². The minimum Gasteiger partial charge on any atom is -0.870 e. The van der Waals surface area contributed by atoms with Gasteiger partial charge >= 0.3 is 51.4 Å². The van der Waals surface area contributed by atoms with Crippen molar-refractivity contribution in [2.24, 2.45) is 42.5 Å². The van der Waals surface area contributed by atoms with E-state index in [2.05, 4.69) is 350 Å². The van der Waals surface area contributed by atoms with Crippen molar-refractivity contribution in [1.82, 2.24) is 0 Å². The van der Waals surface area contributed by atoms with Crippen molar-refractivity contribution in [3.63, 3.8) is 0 Å². The van der Waals surface area contributed by atoms with Crippen molar-refractivity contribution >= 4 is 55.4 Å². The maximum Gasteiger partial charge on any atom is 1.00 e. The Labute approximate surface area is 803 Å². The zero-order chi connectivity index (χ0) is 90.7. The number of benzene rings is 5. The number of aliphatic hydroxyl groups is 2. The van der Waals surface area contributed by atoms with E-state index in [4.69, 9.17) is 4.74 Å².